The average Bonchev–Trinajstić information content (AvgIpc) is 3.65. The molecule has 5 rings (SSSR count). The molecule has 0 spiro atoms. The van der Waals surface area contributed by atoms with Gasteiger partial charge in [0.25, 0.3) is 0 Å². The number of fused-ring (bicyclic) bond motifs is 1. The summed E-state index contributed by atoms with van der Waals surface area (Å²) >= 11 is 1.45. The lowest BCUT2D eigenvalue weighted by Gasteiger charge is -2.31. The molecular formula is C26H27N5O3S. The Kier molecular flexibility index (Phi) is 6.87. The van der Waals surface area contributed by atoms with Gasteiger partial charge >= 0.3 is 0 Å². The number of hydrogen-bond donors (Lipinski definition) is 1. The molecule has 0 aliphatic carbocycles. The molecule has 0 bridgehead atoms. The highest BCUT2D eigenvalue weighted by Crippen LogP contribution is 2.31. The number of carbonyl (C=O) groups excluding carboxylic acids is 2. The van der Waals surface area contributed by atoms with Gasteiger partial charge in [-0.15, -0.1) is 16.4 Å². The van der Waals surface area contributed by atoms with Gasteiger partial charge in [0.05, 0.1) is 11.6 Å². The minimum atomic E-state index is -0.818. The highest BCUT2D eigenvalue weighted by molar-refractivity contribution is 7.10. The molecule has 0 radical (unpaired) electrons. The monoisotopic (exact) mass is 489 g/mol. The molecule has 2 aromatic heterocycles. The van der Waals surface area contributed by atoms with Gasteiger partial charge < -0.3 is 10.1 Å². The number of aryl methyl sites for hydroxylation is 1. The summed E-state index contributed by atoms with van der Waals surface area (Å²) in [7, 11) is 0. The van der Waals surface area contributed by atoms with Crippen molar-refractivity contribution in [3.8, 4) is 0 Å². The Labute approximate surface area is 207 Å². The van der Waals surface area contributed by atoms with Gasteiger partial charge in [0.1, 0.15) is 18.1 Å². The minimum Gasteiger partial charge on any atom is -0.376 e. The largest absolute Gasteiger partial charge is 0.376 e. The van der Waals surface area contributed by atoms with E-state index in [-0.39, 0.29) is 24.5 Å². The van der Waals surface area contributed by atoms with Crippen LogP contribution in [0.1, 0.15) is 29.3 Å². The van der Waals surface area contributed by atoms with Crippen LogP contribution in [0.15, 0.2) is 66.0 Å². The first-order valence-electron chi connectivity index (χ1n) is 11.7. The van der Waals surface area contributed by atoms with Gasteiger partial charge in [-0.25, -0.2) is 4.68 Å². The molecule has 1 N–H and O–H groups in total. The second-order valence-corrected chi connectivity index (χ2v) is 9.61. The summed E-state index contributed by atoms with van der Waals surface area (Å²) in [6, 6.07) is 18.1. The maximum Gasteiger partial charge on any atom is 0.249 e. The summed E-state index contributed by atoms with van der Waals surface area (Å²) in [5, 5.41) is 13.3. The van der Waals surface area contributed by atoms with E-state index >= 15 is 0 Å². The van der Waals surface area contributed by atoms with Crippen LogP contribution in [0.5, 0.6) is 0 Å². The van der Waals surface area contributed by atoms with Crippen LogP contribution >= 0.6 is 11.3 Å². The van der Waals surface area contributed by atoms with Crippen molar-refractivity contribution in [3.05, 3.63) is 76.5 Å². The Morgan fingerprint density at radius 2 is 2.00 bits per heavy atom. The number of amides is 2. The zero-order chi connectivity index (χ0) is 24.2. The molecule has 0 saturated carbocycles. The fourth-order valence-corrected chi connectivity index (χ4v) is 5.13. The van der Waals surface area contributed by atoms with E-state index in [0.717, 1.165) is 28.8 Å². The molecule has 1 aliphatic rings. The maximum atomic E-state index is 13.9. The smallest absolute Gasteiger partial charge is 0.249 e. The van der Waals surface area contributed by atoms with Crippen LogP contribution in [0.4, 0.5) is 5.69 Å². The van der Waals surface area contributed by atoms with E-state index in [9.17, 15) is 9.59 Å². The van der Waals surface area contributed by atoms with Gasteiger partial charge in [0, 0.05) is 23.7 Å². The Morgan fingerprint density at radius 1 is 1.17 bits per heavy atom. The second-order valence-electron chi connectivity index (χ2n) is 8.63. The number of anilines is 1. The molecule has 180 valence electrons. The van der Waals surface area contributed by atoms with Crippen molar-refractivity contribution < 1.29 is 14.3 Å². The summed E-state index contributed by atoms with van der Waals surface area (Å²) in [5.74, 6) is -0.490. The van der Waals surface area contributed by atoms with E-state index < -0.39 is 6.04 Å². The van der Waals surface area contributed by atoms with Crippen LogP contribution in [0, 0.1) is 6.92 Å². The summed E-state index contributed by atoms with van der Waals surface area (Å²) in [6.45, 7) is 3.08. The predicted octanol–water partition coefficient (Wildman–Crippen LogP) is 3.87. The summed E-state index contributed by atoms with van der Waals surface area (Å²) in [6.07, 6.45) is 1.92. The highest BCUT2D eigenvalue weighted by atomic mass is 32.1. The van der Waals surface area contributed by atoms with Crippen LogP contribution in [-0.2, 0) is 20.9 Å². The topological polar surface area (TPSA) is 89.4 Å². The Morgan fingerprint density at radius 3 is 2.74 bits per heavy atom. The molecule has 8 nitrogen and oxygen atoms in total. The van der Waals surface area contributed by atoms with Crippen molar-refractivity contribution >= 4 is 39.9 Å². The Bertz CT molecular complexity index is 1300. The van der Waals surface area contributed by atoms with Gasteiger partial charge in [0.2, 0.25) is 11.8 Å². The molecule has 9 heteroatoms. The maximum absolute atomic E-state index is 13.9. The average molecular weight is 490 g/mol. The van der Waals surface area contributed by atoms with E-state index in [1.54, 1.807) is 9.58 Å². The third-order valence-corrected chi connectivity index (χ3v) is 7.06. The van der Waals surface area contributed by atoms with E-state index in [2.05, 4.69) is 15.6 Å². The second kappa shape index (κ2) is 10.4. The van der Waals surface area contributed by atoms with Crippen molar-refractivity contribution in [1.82, 2.24) is 20.3 Å². The number of thiophene rings is 1. The van der Waals surface area contributed by atoms with Crippen molar-refractivity contribution in [1.29, 1.82) is 0 Å². The molecule has 1 aliphatic heterocycles. The van der Waals surface area contributed by atoms with Crippen molar-refractivity contribution in [3.63, 3.8) is 0 Å². The molecule has 2 atom stereocenters. The SMILES string of the molecule is Cc1ccc(N(C(=O)Cn2nnc3ccccc32)C(C(=O)NCC2CCCO2)c2cccs2)cc1. The van der Waals surface area contributed by atoms with Crippen LogP contribution < -0.4 is 10.2 Å². The molecule has 2 unspecified atom stereocenters. The number of ether oxygens (including phenoxy) is 1. The number of rotatable bonds is 8. The fourth-order valence-electron chi connectivity index (χ4n) is 4.32. The third kappa shape index (κ3) is 5.11. The molecule has 4 aromatic rings. The van der Waals surface area contributed by atoms with Gasteiger partial charge in [-0.1, -0.05) is 41.1 Å². The minimum absolute atomic E-state index is 0.00738. The summed E-state index contributed by atoms with van der Waals surface area (Å²) in [4.78, 5) is 29.8. The third-order valence-electron chi connectivity index (χ3n) is 6.13. The zero-order valence-electron chi connectivity index (χ0n) is 19.5. The van der Waals surface area contributed by atoms with Crippen molar-refractivity contribution in [2.24, 2.45) is 0 Å². The first-order valence-corrected chi connectivity index (χ1v) is 12.6. The Balaban J connectivity index is 1.49. The quantitative estimate of drug-likeness (QED) is 0.406. The summed E-state index contributed by atoms with van der Waals surface area (Å²) in [5.41, 5.74) is 3.20. The van der Waals surface area contributed by atoms with E-state index in [4.69, 9.17) is 4.74 Å². The van der Waals surface area contributed by atoms with Crippen molar-refractivity contribution in [2.45, 2.75) is 38.5 Å². The van der Waals surface area contributed by atoms with Crippen LogP contribution in [0.2, 0.25) is 0 Å². The van der Waals surface area contributed by atoms with E-state index in [0.29, 0.717) is 24.4 Å². The first kappa shape index (κ1) is 23.2. The highest BCUT2D eigenvalue weighted by Gasteiger charge is 2.34. The number of nitrogens with one attached hydrogen (secondary N) is 1. The number of hydrogen-bond acceptors (Lipinski definition) is 6. The lowest BCUT2D eigenvalue weighted by molar-refractivity contribution is -0.127. The standard InChI is InChI=1S/C26H27N5O3S/c1-18-10-12-19(13-11-18)31(24(32)17-30-22-8-3-2-7-21(22)28-29-30)25(23-9-5-15-35-23)26(33)27-16-20-6-4-14-34-20/h2-3,5,7-13,15,20,25H,4,6,14,16-17H2,1H3,(H,27,33). The van der Waals surface area contributed by atoms with Crippen LogP contribution in [0.3, 0.4) is 0 Å². The van der Waals surface area contributed by atoms with Crippen molar-refractivity contribution in [2.75, 3.05) is 18.1 Å². The van der Waals surface area contributed by atoms with Gasteiger partial charge in [-0.3, -0.25) is 14.5 Å². The molecule has 2 aromatic carbocycles. The number of benzene rings is 2. The Hall–Kier alpha value is -3.56. The number of carbonyl (C=O) groups is 2. The molecule has 1 saturated heterocycles. The number of nitrogens with zero attached hydrogens (tertiary/aromatic N) is 4. The van der Waals surface area contributed by atoms with Crippen LogP contribution in [-0.4, -0.2) is 46.1 Å². The molecule has 3 heterocycles. The molecule has 35 heavy (non-hydrogen) atoms. The number of aromatic nitrogens is 3. The number of para-hydroxylation sites is 1. The van der Waals surface area contributed by atoms with Gasteiger partial charge in [-0.05, 0) is 55.5 Å². The van der Waals surface area contributed by atoms with Gasteiger partial charge in [-0.2, -0.15) is 0 Å². The molecular weight excluding hydrogens is 462 g/mol. The van der Waals surface area contributed by atoms with E-state index in [1.807, 2.05) is 73.0 Å². The van der Waals surface area contributed by atoms with E-state index in [1.165, 1.54) is 11.3 Å². The normalized spacial score (nSPS) is 16.3. The zero-order valence-corrected chi connectivity index (χ0v) is 20.3. The predicted molar refractivity (Wildman–Crippen MR) is 135 cm³/mol. The van der Waals surface area contributed by atoms with Gasteiger partial charge in [0.15, 0.2) is 0 Å². The summed E-state index contributed by atoms with van der Waals surface area (Å²) < 4.78 is 7.26. The lowest BCUT2D eigenvalue weighted by Crippen LogP contribution is -2.46. The molecule has 2 amide bonds. The van der Waals surface area contributed by atoms with Crippen LogP contribution in [0.25, 0.3) is 11.0 Å². The lowest BCUT2D eigenvalue weighted by atomic mass is 10.1. The molecule has 1 fully saturated rings. The fraction of sp³-hybridized carbons (Fsp3) is 0.308. The first-order chi connectivity index (χ1) is 17.1.